The van der Waals surface area contributed by atoms with Gasteiger partial charge in [-0.05, 0) is 29.8 Å². The highest BCUT2D eigenvalue weighted by molar-refractivity contribution is 6.29. The summed E-state index contributed by atoms with van der Waals surface area (Å²) in [5, 5.41) is 0.279. The number of amides is 1. The maximum atomic E-state index is 12.8. The van der Waals surface area contributed by atoms with Gasteiger partial charge in [-0.25, -0.2) is 9.37 Å². The van der Waals surface area contributed by atoms with Crippen molar-refractivity contribution in [3.05, 3.63) is 64.7 Å². The maximum absolute atomic E-state index is 12.8. The Bertz CT molecular complexity index is 586. The minimum absolute atomic E-state index is 0.230. The number of nitrogens with zero attached hydrogens (tertiary/aromatic N) is 2. The molecule has 0 saturated heterocycles. The molecular formula is C14H12ClFN2O. The van der Waals surface area contributed by atoms with Gasteiger partial charge in [0.25, 0.3) is 5.91 Å². The van der Waals surface area contributed by atoms with Crippen LogP contribution >= 0.6 is 11.6 Å². The first-order valence-electron chi connectivity index (χ1n) is 5.69. The van der Waals surface area contributed by atoms with Crippen LogP contribution in [-0.2, 0) is 6.54 Å². The van der Waals surface area contributed by atoms with Crippen LogP contribution in [0.25, 0.3) is 0 Å². The predicted octanol–water partition coefficient (Wildman–Crippen LogP) is 3.15. The van der Waals surface area contributed by atoms with Crippen molar-refractivity contribution < 1.29 is 9.18 Å². The number of carbonyl (C=O) groups excluding carboxylic acids is 1. The SMILES string of the molecule is CN(Cc1ccc(F)cc1)C(=O)c1cccc(Cl)n1. The number of rotatable bonds is 3. The van der Waals surface area contributed by atoms with Gasteiger partial charge in [0.2, 0.25) is 0 Å². The summed E-state index contributed by atoms with van der Waals surface area (Å²) in [7, 11) is 1.66. The Morgan fingerprint density at radius 2 is 1.95 bits per heavy atom. The van der Waals surface area contributed by atoms with E-state index in [-0.39, 0.29) is 22.6 Å². The van der Waals surface area contributed by atoms with Crippen molar-refractivity contribution in [2.75, 3.05) is 7.05 Å². The average Bonchev–Trinajstić information content (AvgIpc) is 2.40. The molecule has 0 aliphatic carbocycles. The number of hydrogen-bond acceptors (Lipinski definition) is 2. The van der Waals surface area contributed by atoms with Gasteiger partial charge in [-0.2, -0.15) is 0 Å². The van der Waals surface area contributed by atoms with E-state index < -0.39 is 0 Å². The van der Waals surface area contributed by atoms with Crippen molar-refractivity contribution in [3.63, 3.8) is 0 Å². The first kappa shape index (κ1) is 13.5. The second-order valence-electron chi connectivity index (χ2n) is 4.13. The Morgan fingerprint density at radius 3 is 2.58 bits per heavy atom. The zero-order chi connectivity index (χ0) is 13.8. The monoisotopic (exact) mass is 278 g/mol. The minimum Gasteiger partial charge on any atom is -0.336 e. The molecule has 0 atom stereocenters. The van der Waals surface area contributed by atoms with Crippen LogP contribution in [0, 0.1) is 5.82 Å². The molecule has 0 aliphatic heterocycles. The first-order valence-corrected chi connectivity index (χ1v) is 6.06. The Hall–Kier alpha value is -1.94. The van der Waals surface area contributed by atoms with E-state index in [1.165, 1.54) is 17.0 Å². The highest BCUT2D eigenvalue weighted by Crippen LogP contribution is 2.10. The topological polar surface area (TPSA) is 33.2 Å². The van der Waals surface area contributed by atoms with Crippen LogP contribution < -0.4 is 0 Å². The lowest BCUT2D eigenvalue weighted by Crippen LogP contribution is -2.27. The van der Waals surface area contributed by atoms with Crippen LogP contribution in [0.2, 0.25) is 5.15 Å². The molecule has 0 bridgehead atoms. The molecular weight excluding hydrogens is 267 g/mol. The molecule has 0 radical (unpaired) electrons. The van der Waals surface area contributed by atoms with E-state index in [0.29, 0.717) is 6.54 Å². The third-order valence-corrected chi connectivity index (χ3v) is 2.82. The zero-order valence-corrected chi connectivity index (χ0v) is 11.1. The van der Waals surface area contributed by atoms with Crippen molar-refractivity contribution >= 4 is 17.5 Å². The summed E-state index contributed by atoms with van der Waals surface area (Å²) in [4.78, 5) is 17.6. The van der Waals surface area contributed by atoms with Gasteiger partial charge in [-0.3, -0.25) is 4.79 Å². The van der Waals surface area contributed by atoms with E-state index in [1.54, 1.807) is 37.4 Å². The number of benzene rings is 1. The third kappa shape index (κ3) is 3.51. The molecule has 3 nitrogen and oxygen atoms in total. The van der Waals surface area contributed by atoms with Gasteiger partial charge in [0.1, 0.15) is 16.7 Å². The molecule has 19 heavy (non-hydrogen) atoms. The minimum atomic E-state index is -0.297. The van der Waals surface area contributed by atoms with Gasteiger partial charge in [0.05, 0.1) is 0 Å². The number of carbonyl (C=O) groups is 1. The van der Waals surface area contributed by atoms with Crippen LogP contribution in [0.3, 0.4) is 0 Å². The normalized spacial score (nSPS) is 10.3. The first-order chi connectivity index (χ1) is 9.06. The molecule has 5 heteroatoms. The number of halogens is 2. The fourth-order valence-corrected chi connectivity index (χ4v) is 1.82. The van der Waals surface area contributed by atoms with Crippen LogP contribution in [0.1, 0.15) is 16.1 Å². The number of aromatic nitrogens is 1. The molecule has 1 aromatic heterocycles. The lowest BCUT2D eigenvalue weighted by Gasteiger charge is -2.16. The molecule has 0 fully saturated rings. The summed E-state index contributed by atoms with van der Waals surface area (Å²) in [6.45, 7) is 0.382. The molecule has 0 spiro atoms. The number of hydrogen-bond donors (Lipinski definition) is 0. The van der Waals surface area contributed by atoms with Gasteiger partial charge < -0.3 is 4.90 Å². The Labute approximate surface area is 115 Å². The second kappa shape index (κ2) is 5.80. The van der Waals surface area contributed by atoms with E-state index in [4.69, 9.17) is 11.6 Å². The summed E-state index contributed by atoms with van der Waals surface area (Å²) in [6, 6.07) is 10.9. The summed E-state index contributed by atoms with van der Waals surface area (Å²) in [5.41, 5.74) is 1.14. The molecule has 0 N–H and O–H groups in total. The molecule has 2 aromatic rings. The van der Waals surface area contributed by atoms with Crippen molar-refractivity contribution in [1.29, 1.82) is 0 Å². The van der Waals surface area contributed by atoms with Crippen molar-refractivity contribution in [2.24, 2.45) is 0 Å². The highest BCUT2D eigenvalue weighted by Gasteiger charge is 2.13. The Morgan fingerprint density at radius 1 is 1.26 bits per heavy atom. The van der Waals surface area contributed by atoms with E-state index >= 15 is 0 Å². The van der Waals surface area contributed by atoms with E-state index in [1.807, 2.05) is 0 Å². The predicted molar refractivity (Wildman–Crippen MR) is 71.4 cm³/mol. The van der Waals surface area contributed by atoms with Gasteiger partial charge in [-0.1, -0.05) is 29.8 Å². The van der Waals surface area contributed by atoms with Gasteiger partial charge in [-0.15, -0.1) is 0 Å². The van der Waals surface area contributed by atoms with Crippen LogP contribution in [0.15, 0.2) is 42.5 Å². The zero-order valence-electron chi connectivity index (χ0n) is 10.3. The van der Waals surface area contributed by atoms with Crippen LogP contribution in [0.4, 0.5) is 4.39 Å². The Kier molecular flexibility index (Phi) is 4.12. The lowest BCUT2D eigenvalue weighted by atomic mass is 10.2. The standard InChI is InChI=1S/C14H12ClFN2O/c1-18(9-10-5-7-11(16)8-6-10)14(19)12-3-2-4-13(15)17-12/h2-8H,9H2,1H3. The fraction of sp³-hybridized carbons (Fsp3) is 0.143. The van der Waals surface area contributed by atoms with E-state index in [0.717, 1.165) is 5.56 Å². The summed E-state index contributed by atoms with van der Waals surface area (Å²) < 4.78 is 12.8. The largest absolute Gasteiger partial charge is 0.336 e. The molecule has 0 saturated carbocycles. The summed E-state index contributed by atoms with van der Waals surface area (Å²) >= 11 is 5.75. The van der Waals surface area contributed by atoms with Gasteiger partial charge in [0, 0.05) is 13.6 Å². The summed E-state index contributed by atoms with van der Waals surface area (Å²) in [6.07, 6.45) is 0. The molecule has 1 amide bonds. The average molecular weight is 279 g/mol. The maximum Gasteiger partial charge on any atom is 0.272 e. The highest BCUT2D eigenvalue weighted by atomic mass is 35.5. The van der Waals surface area contributed by atoms with Crippen molar-refractivity contribution in [2.45, 2.75) is 6.54 Å². The van der Waals surface area contributed by atoms with E-state index in [9.17, 15) is 9.18 Å². The van der Waals surface area contributed by atoms with E-state index in [2.05, 4.69) is 4.98 Å². The second-order valence-corrected chi connectivity index (χ2v) is 4.52. The molecule has 0 aliphatic rings. The fourth-order valence-electron chi connectivity index (χ4n) is 1.66. The Balaban J connectivity index is 2.09. The molecule has 0 unspecified atom stereocenters. The number of pyridine rings is 1. The molecule has 2 rings (SSSR count). The molecule has 98 valence electrons. The van der Waals surface area contributed by atoms with Crippen LogP contribution in [0.5, 0.6) is 0 Å². The third-order valence-electron chi connectivity index (χ3n) is 2.61. The lowest BCUT2D eigenvalue weighted by molar-refractivity contribution is 0.0779. The van der Waals surface area contributed by atoms with Crippen molar-refractivity contribution in [1.82, 2.24) is 9.88 Å². The molecule has 1 aromatic carbocycles. The summed E-state index contributed by atoms with van der Waals surface area (Å²) in [5.74, 6) is -0.527. The smallest absolute Gasteiger partial charge is 0.272 e. The quantitative estimate of drug-likeness (QED) is 0.808. The van der Waals surface area contributed by atoms with Crippen LogP contribution in [-0.4, -0.2) is 22.8 Å². The van der Waals surface area contributed by atoms with Crippen molar-refractivity contribution in [3.8, 4) is 0 Å². The van der Waals surface area contributed by atoms with Gasteiger partial charge in [0.15, 0.2) is 0 Å². The van der Waals surface area contributed by atoms with Gasteiger partial charge >= 0.3 is 0 Å². The molecule has 1 heterocycles.